The van der Waals surface area contributed by atoms with E-state index in [1.165, 1.54) is 5.56 Å². The molecule has 0 atom stereocenters. The number of nitrogens with one attached hydrogen (secondary N) is 1. The smallest absolute Gasteiger partial charge is 0.0691 e. The van der Waals surface area contributed by atoms with Crippen molar-refractivity contribution >= 4 is 11.9 Å². The summed E-state index contributed by atoms with van der Waals surface area (Å²) in [6.45, 7) is 1.54. The van der Waals surface area contributed by atoms with Crippen molar-refractivity contribution in [1.82, 2.24) is 4.72 Å². The van der Waals surface area contributed by atoms with E-state index in [1.54, 1.807) is 11.9 Å². The molecule has 78 valence electrons. The SMILES string of the molecule is NOCCCNSCc1ccccc1. The highest BCUT2D eigenvalue weighted by atomic mass is 32.2. The molecule has 0 aliphatic heterocycles. The van der Waals surface area contributed by atoms with Gasteiger partial charge in [-0.3, -0.25) is 4.72 Å². The highest BCUT2D eigenvalue weighted by molar-refractivity contribution is 7.96. The fraction of sp³-hybridized carbons (Fsp3) is 0.400. The van der Waals surface area contributed by atoms with Crippen molar-refractivity contribution < 1.29 is 4.84 Å². The molecule has 0 spiro atoms. The van der Waals surface area contributed by atoms with Gasteiger partial charge in [-0.2, -0.15) is 0 Å². The van der Waals surface area contributed by atoms with Crippen LogP contribution in [-0.4, -0.2) is 13.2 Å². The lowest BCUT2D eigenvalue weighted by atomic mass is 10.2. The molecule has 0 aliphatic carbocycles. The number of benzene rings is 1. The Balaban J connectivity index is 1.99. The van der Waals surface area contributed by atoms with E-state index in [2.05, 4.69) is 33.8 Å². The Kier molecular flexibility index (Phi) is 6.43. The first kappa shape index (κ1) is 11.5. The Morgan fingerprint density at radius 2 is 2.07 bits per heavy atom. The van der Waals surface area contributed by atoms with Crippen molar-refractivity contribution in [2.75, 3.05) is 13.2 Å². The van der Waals surface area contributed by atoms with Crippen LogP contribution in [0.3, 0.4) is 0 Å². The van der Waals surface area contributed by atoms with Crippen LogP contribution >= 0.6 is 11.9 Å². The van der Waals surface area contributed by atoms with Gasteiger partial charge in [0.15, 0.2) is 0 Å². The zero-order chi connectivity index (χ0) is 10.1. The van der Waals surface area contributed by atoms with E-state index in [1.807, 2.05) is 6.07 Å². The standard InChI is InChI=1S/C10H16N2OS/c11-13-8-4-7-12-14-9-10-5-2-1-3-6-10/h1-3,5-6,12H,4,7-9,11H2. The van der Waals surface area contributed by atoms with Gasteiger partial charge in [0.25, 0.3) is 0 Å². The summed E-state index contributed by atoms with van der Waals surface area (Å²) < 4.78 is 3.25. The monoisotopic (exact) mass is 212 g/mol. The van der Waals surface area contributed by atoms with Crippen LogP contribution in [0.5, 0.6) is 0 Å². The average Bonchev–Trinajstić information content (AvgIpc) is 2.25. The Bertz CT molecular complexity index is 231. The van der Waals surface area contributed by atoms with Gasteiger partial charge in [-0.25, -0.2) is 5.90 Å². The number of rotatable bonds is 7. The molecule has 0 bridgehead atoms. The number of hydrogen-bond acceptors (Lipinski definition) is 4. The van der Waals surface area contributed by atoms with E-state index < -0.39 is 0 Å². The minimum Gasteiger partial charge on any atom is -0.305 e. The van der Waals surface area contributed by atoms with Crippen LogP contribution in [0, 0.1) is 0 Å². The van der Waals surface area contributed by atoms with Crippen molar-refractivity contribution in [3.8, 4) is 0 Å². The van der Waals surface area contributed by atoms with Crippen LogP contribution in [0.15, 0.2) is 30.3 Å². The molecule has 0 aromatic heterocycles. The van der Waals surface area contributed by atoms with Crippen molar-refractivity contribution in [2.24, 2.45) is 5.90 Å². The molecule has 0 saturated carbocycles. The lowest BCUT2D eigenvalue weighted by Crippen LogP contribution is -2.10. The van der Waals surface area contributed by atoms with E-state index in [4.69, 9.17) is 5.90 Å². The lowest BCUT2D eigenvalue weighted by Gasteiger charge is -2.03. The van der Waals surface area contributed by atoms with E-state index in [-0.39, 0.29) is 0 Å². The van der Waals surface area contributed by atoms with Crippen LogP contribution in [0.1, 0.15) is 12.0 Å². The lowest BCUT2D eigenvalue weighted by molar-refractivity contribution is 0.136. The topological polar surface area (TPSA) is 47.3 Å². The summed E-state index contributed by atoms with van der Waals surface area (Å²) in [4.78, 5) is 4.46. The molecular weight excluding hydrogens is 196 g/mol. The van der Waals surface area contributed by atoms with Crippen LogP contribution in [0.4, 0.5) is 0 Å². The molecule has 1 aromatic carbocycles. The first-order chi connectivity index (χ1) is 6.93. The van der Waals surface area contributed by atoms with E-state index >= 15 is 0 Å². The molecule has 0 fully saturated rings. The molecule has 0 saturated heterocycles. The highest BCUT2D eigenvalue weighted by Gasteiger charge is 1.91. The van der Waals surface area contributed by atoms with Gasteiger partial charge in [-0.15, -0.1) is 0 Å². The minimum absolute atomic E-state index is 0.610. The largest absolute Gasteiger partial charge is 0.305 e. The van der Waals surface area contributed by atoms with Gasteiger partial charge in [0, 0.05) is 12.3 Å². The normalized spacial score (nSPS) is 10.4. The molecule has 4 heteroatoms. The molecule has 0 aliphatic rings. The molecule has 14 heavy (non-hydrogen) atoms. The molecule has 1 rings (SSSR count). The summed E-state index contributed by atoms with van der Waals surface area (Å²) in [5.41, 5.74) is 1.33. The maximum absolute atomic E-state index is 4.90. The maximum atomic E-state index is 4.90. The molecular formula is C10H16N2OS. The van der Waals surface area contributed by atoms with Gasteiger partial charge in [0.1, 0.15) is 0 Å². The third-order valence-corrected chi connectivity index (χ3v) is 2.61. The first-order valence-corrected chi connectivity index (χ1v) is 5.62. The second-order valence-electron chi connectivity index (χ2n) is 2.89. The van der Waals surface area contributed by atoms with Gasteiger partial charge >= 0.3 is 0 Å². The average molecular weight is 212 g/mol. The van der Waals surface area contributed by atoms with Gasteiger partial charge in [-0.05, 0) is 12.0 Å². The Labute approximate surface area is 89.1 Å². The molecule has 1 aromatic rings. The Morgan fingerprint density at radius 1 is 1.29 bits per heavy atom. The second kappa shape index (κ2) is 7.82. The molecule has 0 radical (unpaired) electrons. The number of hydrogen-bond donors (Lipinski definition) is 2. The van der Waals surface area contributed by atoms with Crippen LogP contribution < -0.4 is 10.6 Å². The zero-order valence-corrected chi connectivity index (χ0v) is 8.93. The highest BCUT2D eigenvalue weighted by Crippen LogP contribution is 2.07. The summed E-state index contributed by atoms with van der Waals surface area (Å²) >= 11 is 1.71. The molecule has 0 amide bonds. The quantitative estimate of drug-likeness (QED) is 0.410. The predicted molar refractivity (Wildman–Crippen MR) is 60.5 cm³/mol. The third kappa shape index (κ3) is 5.24. The van der Waals surface area contributed by atoms with Gasteiger partial charge < -0.3 is 4.84 Å². The van der Waals surface area contributed by atoms with Crippen molar-refractivity contribution in [2.45, 2.75) is 12.2 Å². The van der Waals surface area contributed by atoms with Gasteiger partial charge in [0.2, 0.25) is 0 Å². The van der Waals surface area contributed by atoms with Crippen LogP contribution in [0.25, 0.3) is 0 Å². The Morgan fingerprint density at radius 3 is 2.79 bits per heavy atom. The van der Waals surface area contributed by atoms with Crippen molar-refractivity contribution in [3.05, 3.63) is 35.9 Å². The second-order valence-corrected chi connectivity index (χ2v) is 3.76. The fourth-order valence-electron chi connectivity index (χ4n) is 1.01. The van der Waals surface area contributed by atoms with E-state index in [0.717, 1.165) is 18.7 Å². The summed E-state index contributed by atoms with van der Waals surface area (Å²) in [6.07, 6.45) is 0.943. The summed E-state index contributed by atoms with van der Waals surface area (Å²) in [5.74, 6) is 5.89. The van der Waals surface area contributed by atoms with Crippen LogP contribution in [-0.2, 0) is 10.6 Å². The van der Waals surface area contributed by atoms with Gasteiger partial charge in [-0.1, -0.05) is 42.3 Å². The van der Waals surface area contributed by atoms with Crippen LogP contribution in [0.2, 0.25) is 0 Å². The van der Waals surface area contributed by atoms with Crippen molar-refractivity contribution in [3.63, 3.8) is 0 Å². The zero-order valence-electron chi connectivity index (χ0n) is 8.11. The number of nitrogens with two attached hydrogens (primary N) is 1. The molecule has 3 nitrogen and oxygen atoms in total. The molecule has 0 heterocycles. The summed E-state index contributed by atoms with van der Waals surface area (Å²) in [7, 11) is 0. The predicted octanol–water partition coefficient (Wildman–Crippen LogP) is 1.70. The maximum Gasteiger partial charge on any atom is 0.0691 e. The summed E-state index contributed by atoms with van der Waals surface area (Å²) in [5, 5.41) is 0. The Hall–Kier alpha value is -0.550. The van der Waals surface area contributed by atoms with E-state index in [9.17, 15) is 0 Å². The summed E-state index contributed by atoms with van der Waals surface area (Å²) in [6, 6.07) is 10.4. The molecule has 0 unspecified atom stereocenters. The fourth-order valence-corrected chi connectivity index (χ4v) is 1.76. The molecule has 3 N–H and O–H groups in total. The van der Waals surface area contributed by atoms with Gasteiger partial charge in [0.05, 0.1) is 6.61 Å². The van der Waals surface area contributed by atoms with E-state index in [0.29, 0.717) is 6.61 Å². The third-order valence-electron chi connectivity index (χ3n) is 1.72. The minimum atomic E-state index is 0.610. The van der Waals surface area contributed by atoms with Crippen molar-refractivity contribution in [1.29, 1.82) is 0 Å². The first-order valence-electron chi connectivity index (χ1n) is 4.63.